The molecule has 1 heterocycles. The standard InChI is InChI=1S/C12H15FN4O3S/c1-20-12-3-2-9(6-11(12)13)16-21(18,19)10-7-15-17(8-10)5-4-14/h2-3,6-8,16H,4-5,14H2,1H3. The predicted molar refractivity (Wildman–Crippen MR) is 75.0 cm³/mol. The number of hydrogen-bond acceptors (Lipinski definition) is 5. The number of nitrogens with one attached hydrogen (secondary N) is 1. The third kappa shape index (κ3) is 3.50. The second-order valence-corrected chi connectivity index (χ2v) is 5.87. The van der Waals surface area contributed by atoms with Crippen molar-refractivity contribution in [3.63, 3.8) is 0 Å². The minimum atomic E-state index is -3.83. The van der Waals surface area contributed by atoms with Gasteiger partial charge >= 0.3 is 0 Å². The normalized spacial score (nSPS) is 11.4. The van der Waals surface area contributed by atoms with Crippen molar-refractivity contribution >= 4 is 15.7 Å². The summed E-state index contributed by atoms with van der Waals surface area (Å²) >= 11 is 0. The zero-order valence-electron chi connectivity index (χ0n) is 11.3. The molecule has 0 unspecified atom stereocenters. The van der Waals surface area contributed by atoms with Gasteiger partial charge in [0.25, 0.3) is 10.0 Å². The summed E-state index contributed by atoms with van der Waals surface area (Å²) < 4.78 is 46.3. The van der Waals surface area contributed by atoms with E-state index in [1.54, 1.807) is 0 Å². The number of aromatic nitrogens is 2. The summed E-state index contributed by atoms with van der Waals surface area (Å²) in [6.45, 7) is 0.755. The van der Waals surface area contributed by atoms with E-state index in [0.29, 0.717) is 13.1 Å². The fourth-order valence-corrected chi connectivity index (χ4v) is 2.68. The van der Waals surface area contributed by atoms with Crippen molar-refractivity contribution in [2.75, 3.05) is 18.4 Å². The third-order valence-corrected chi connectivity index (χ3v) is 4.02. The fraction of sp³-hybridized carbons (Fsp3) is 0.250. The van der Waals surface area contributed by atoms with E-state index in [0.717, 1.165) is 6.07 Å². The van der Waals surface area contributed by atoms with Gasteiger partial charge in [0.1, 0.15) is 4.90 Å². The molecule has 0 atom stereocenters. The van der Waals surface area contributed by atoms with Crippen molar-refractivity contribution in [1.82, 2.24) is 9.78 Å². The van der Waals surface area contributed by atoms with Crippen molar-refractivity contribution in [2.24, 2.45) is 5.73 Å². The lowest BCUT2D eigenvalue weighted by atomic mass is 10.3. The molecular weight excluding hydrogens is 299 g/mol. The summed E-state index contributed by atoms with van der Waals surface area (Å²) in [4.78, 5) is -0.0211. The molecule has 1 aromatic heterocycles. The number of rotatable bonds is 6. The van der Waals surface area contributed by atoms with Gasteiger partial charge in [0.05, 0.1) is 25.5 Å². The van der Waals surface area contributed by atoms with E-state index in [1.807, 2.05) is 0 Å². The lowest BCUT2D eigenvalue weighted by Gasteiger charge is -2.08. The number of nitrogens with zero attached hydrogens (tertiary/aromatic N) is 2. The van der Waals surface area contributed by atoms with Crippen LogP contribution in [0.4, 0.5) is 10.1 Å². The molecule has 0 radical (unpaired) electrons. The monoisotopic (exact) mass is 314 g/mol. The van der Waals surface area contributed by atoms with Crippen LogP contribution in [0.25, 0.3) is 0 Å². The molecule has 21 heavy (non-hydrogen) atoms. The minimum absolute atomic E-state index is 0.0211. The number of ether oxygens (including phenoxy) is 1. The predicted octanol–water partition coefficient (Wildman–Crippen LogP) is 0.790. The molecule has 0 fully saturated rings. The highest BCUT2D eigenvalue weighted by Gasteiger charge is 2.17. The van der Waals surface area contributed by atoms with Crippen molar-refractivity contribution in [2.45, 2.75) is 11.4 Å². The zero-order chi connectivity index (χ0) is 15.5. The summed E-state index contributed by atoms with van der Waals surface area (Å²) in [6, 6.07) is 3.79. The van der Waals surface area contributed by atoms with E-state index in [2.05, 4.69) is 9.82 Å². The number of methoxy groups -OCH3 is 1. The zero-order valence-corrected chi connectivity index (χ0v) is 12.1. The second-order valence-electron chi connectivity index (χ2n) is 4.18. The van der Waals surface area contributed by atoms with E-state index in [9.17, 15) is 12.8 Å². The van der Waals surface area contributed by atoms with Crippen LogP contribution < -0.4 is 15.2 Å². The van der Waals surface area contributed by atoms with Gasteiger partial charge in [-0.15, -0.1) is 0 Å². The van der Waals surface area contributed by atoms with Crippen LogP contribution in [0.2, 0.25) is 0 Å². The maximum atomic E-state index is 13.5. The number of sulfonamides is 1. The number of benzene rings is 1. The van der Waals surface area contributed by atoms with Gasteiger partial charge in [-0.3, -0.25) is 9.40 Å². The lowest BCUT2D eigenvalue weighted by Crippen LogP contribution is -2.13. The fourth-order valence-electron chi connectivity index (χ4n) is 1.68. The molecule has 0 bridgehead atoms. The molecule has 0 aliphatic carbocycles. The van der Waals surface area contributed by atoms with Gasteiger partial charge in [-0.1, -0.05) is 0 Å². The topological polar surface area (TPSA) is 99.2 Å². The van der Waals surface area contributed by atoms with Gasteiger partial charge in [0.15, 0.2) is 11.6 Å². The molecule has 7 nitrogen and oxygen atoms in total. The SMILES string of the molecule is COc1ccc(NS(=O)(=O)c2cnn(CCN)c2)cc1F. The number of anilines is 1. The number of hydrogen-bond donors (Lipinski definition) is 2. The van der Waals surface area contributed by atoms with Gasteiger partial charge in [0.2, 0.25) is 0 Å². The van der Waals surface area contributed by atoms with Gasteiger partial charge < -0.3 is 10.5 Å². The largest absolute Gasteiger partial charge is 0.494 e. The van der Waals surface area contributed by atoms with Gasteiger partial charge in [-0.2, -0.15) is 5.10 Å². The quantitative estimate of drug-likeness (QED) is 0.821. The Bertz CT molecular complexity index is 730. The molecule has 114 valence electrons. The van der Waals surface area contributed by atoms with E-state index < -0.39 is 15.8 Å². The Morgan fingerprint density at radius 2 is 2.24 bits per heavy atom. The van der Waals surface area contributed by atoms with Crippen LogP contribution in [0, 0.1) is 5.82 Å². The Morgan fingerprint density at radius 3 is 2.86 bits per heavy atom. The van der Waals surface area contributed by atoms with Crippen LogP contribution >= 0.6 is 0 Å². The van der Waals surface area contributed by atoms with E-state index in [1.165, 1.54) is 36.3 Å². The van der Waals surface area contributed by atoms with Crippen molar-refractivity contribution in [1.29, 1.82) is 0 Å². The Morgan fingerprint density at radius 1 is 1.48 bits per heavy atom. The maximum Gasteiger partial charge on any atom is 0.265 e. The Hall–Kier alpha value is -2.13. The van der Waals surface area contributed by atoms with Crippen LogP contribution in [0.5, 0.6) is 5.75 Å². The first-order valence-corrected chi connectivity index (χ1v) is 7.53. The van der Waals surface area contributed by atoms with Crippen molar-refractivity contribution in [3.8, 4) is 5.75 Å². The molecular formula is C12H15FN4O3S. The molecule has 0 spiro atoms. The Labute approximate surface area is 121 Å². The molecule has 0 aliphatic rings. The Balaban J connectivity index is 2.22. The minimum Gasteiger partial charge on any atom is -0.494 e. The highest BCUT2D eigenvalue weighted by atomic mass is 32.2. The van der Waals surface area contributed by atoms with Gasteiger partial charge in [-0.05, 0) is 12.1 Å². The van der Waals surface area contributed by atoms with E-state index >= 15 is 0 Å². The van der Waals surface area contributed by atoms with Crippen LogP contribution in [-0.2, 0) is 16.6 Å². The Kier molecular flexibility index (Phi) is 4.43. The van der Waals surface area contributed by atoms with Crippen LogP contribution in [0.3, 0.4) is 0 Å². The molecule has 0 saturated carbocycles. The van der Waals surface area contributed by atoms with E-state index in [4.69, 9.17) is 10.5 Å². The highest BCUT2D eigenvalue weighted by Crippen LogP contribution is 2.22. The summed E-state index contributed by atoms with van der Waals surface area (Å²) in [5.74, 6) is -0.620. The summed E-state index contributed by atoms with van der Waals surface area (Å²) in [6.07, 6.45) is 2.56. The summed E-state index contributed by atoms with van der Waals surface area (Å²) in [7, 11) is -2.50. The average molecular weight is 314 g/mol. The molecule has 2 rings (SSSR count). The first kappa shape index (κ1) is 15.3. The molecule has 1 aromatic carbocycles. The van der Waals surface area contributed by atoms with Gasteiger partial charge in [0, 0.05) is 18.8 Å². The summed E-state index contributed by atoms with van der Waals surface area (Å²) in [5.41, 5.74) is 5.46. The van der Waals surface area contributed by atoms with Crippen molar-refractivity contribution in [3.05, 3.63) is 36.4 Å². The highest BCUT2D eigenvalue weighted by molar-refractivity contribution is 7.92. The smallest absolute Gasteiger partial charge is 0.265 e. The first-order valence-electron chi connectivity index (χ1n) is 6.05. The lowest BCUT2D eigenvalue weighted by molar-refractivity contribution is 0.386. The maximum absolute atomic E-state index is 13.5. The molecule has 9 heteroatoms. The molecule has 2 aromatic rings. The third-order valence-electron chi connectivity index (χ3n) is 2.68. The summed E-state index contributed by atoms with van der Waals surface area (Å²) in [5, 5.41) is 3.88. The van der Waals surface area contributed by atoms with Gasteiger partial charge in [-0.25, -0.2) is 12.8 Å². The van der Waals surface area contributed by atoms with Crippen LogP contribution in [0.15, 0.2) is 35.5 Å². The van der Waals surface area contributed by atoms with Crippen LogP contribution in [-0.4, -0.2) is 31.9 Å². The number of halogens is 1. The van der Waals surface area contributed by atoms with Crippen LogP contribution in [0.1, 0.15) is 0 Å². The van der Waals surface area contributed by atoms with E-state index in [-0.39, 0.29) is 16.3 Å². The first-order chi connectivity index (χ1) is 9.96. The molecule has 0 saturated heterocycles. The number of nitrogens with two attached hydrogens (primary N) is 1. The second kappa shape index (κ2) is 6.10. The molecule has 0 aliphatic heterocycles. The van der Waals surface area contributed by atoms with Crippen molar-refractivity contribution < 1.29 is 17.5 Å². The molecule has 0 amide bonds. The molecule has 3 N–H and O–H groups in total. The average Bonchev–Trinajstić information content (AvgIpc) is 2.88.